The van der Waals surface area contributed by atoms with E-state index >= 15 is 0 Å². The summed E-state index contributed by atoms with van der Waals surface area (Å²) in [5.74, 6) is -1.46. The molecule has 0 saturated heterocycles. The number of pyridine rings is 1. The Bertz CT molecular complexity index is 302. The third-order valence-corrected chi connectivity index (χ3v) is 1.04. The van der Waals surface area contributed by atoms with Gasteiger partial charge in [0.05, 0.1) is 11.5 Å². The monoisotopic (exact) mass is 138 g/mol. The number of carboxylic acids is 1. The summed E-state index contributed by atoms with van der Waals surface area (Å²) in [4.78, 5) is 23.2. The number of hydrogen-bond donors (Lipinski definition) is 1. The van der Waals surface area contributed by atoms with E-state index in [9.17, 15) is 14.7 Å². The molecular formula is C6H4NO3-. The molecule has 1 aromatic heterocycles. The van der Waals surface area contributed by atoms with Crippen LogP contribution in [0.3, 0.4) is 0 Å². The van der Waals surface area contributed by atoms with Gasteiger partial charge in [-0.05, 0) is 0 Å². The number of carbonyl (C=O) groups is 1. The second kappa shape index (κ2) is 2.34. The fourth-order valence-corrected chi connectivity index (χ4v) is 0.576. The van der Waals surface area contributed by atoms with E-state index in [1.165, 1.54) is 6.20 Å². The van der Waals surface area contributed by atoms with Gasteiger partial charge in [0.15, 0.2) is 5.43 Å². The molecule has 1 aromatic rings. The zero-order chi connectivity index (χ0) is 7.56. The normalized spacial score (nSPS) is 9.20. The minimum absolute atomic E-state index is 0.345. The first-order valence-electron chi connectivity index (χ1n) is 2.60. The number of carbonyl (C=O) groups excluding carboxylic acids is 1. The van der Waals surface area contributed by atoms with Crippen LogP contribution in [0.4, 0.5) is 0 Å². The average Bonchev–Trinajstić information content (AvgIpc) is 1.88. The Labute approximate surface area is 56.1 Å². The van der Waals surface area contributed by atoms with Crippen LogP contribution in [0.15, 0.2) is 23.3 Å². The predicted molar refractivity (Wildman–Crippen MR) is 31.4 cm³/mol. The van der Waals surface area contributed by atoms with Crippen LogP contribution in [0.25, 0.3) is 0 Å². The van der Waals surface area contributed by atoms with E-state index in [1.54, 1.807) is 0 Å². The van der Waals surface area contributed by atoms with Gasteiger partial charge in [0, 0.05) is 18.5 Å². The number of aromatic carboxylic acids is 1. The van der Waals surface area contributed by atoms with Gasteiger partial charge in [-0.3, -0.25) is 4.79 Å². The molecule has 0 radical (unpaired) electrons. The molecule has 0 aliphatic carbocycles. The lowest BCUT2D eigenvalue weighted by atomic mass is 10.3. The molecule has 0 saturated carbocycles. The van der Waals surface area contributed by atoms with Crippen molar-refractivity contribution in [1.29, 1.82) is 0 Å². The summed E-state index contributed by atoms with van der Waals surface area (Å²) in [7, 11) is 0. The predicted octanol–water partition coefficient (Wildman–Crippen LogP) is -1.26. The van der Waals surface area contributed by atoms with Crippen LogP contribution in [0, 0.1) is 0 Å². The van der Waals surface area contributed by atoms with Gasteiger partial charge in [0.2, 0.25) is 0 Å². The molecule has 0 aliphatic heterocycles. The maximum atomic E-state index is 10.6. The Morgan fingerprint density at radius 2 is 2.30 bits per heavy atom. The molecule has 0 fully saturated rings. The maximum Gasteiger partial charge on any atom is 0.190 e. The largest absolute Gasteiger partial charge is 0.545 e. The van der Waals surface area contributed by atoms with Crippen LogP contribution < -0.4 is 10.5 Å². The fraction of sp³-hybridized carbons (Fsp3) is 0. The Morgan fingerprint density at radius 3 is 2.70 bits per heavy atom. The van der Waals surface area contributed by atoms with Gasteiger partial charge in [-0.1, -0.05) is 0 Å². The van der Waals surface area contributed by atoms with Gasteiger partial charge in [0.1, 0.15) is 0 Å². The summed E-state index contributed by atoms with van der Waals surface area (Å²) in [5, 5.41) is 10.1. The molecule has 0 unspecified atom stereocenters. The van der Waals surface area contributed by atoms with Crippen molar-refractivity contribution in [3.05, 3.63) is 34.2 Å². The van der Waals surface area contributed by atoms with Crippen LogP contribution in [-0.2, 0) is 0 Å². The zero-order valence-electron chi connectivity index (χ0n) is 4.96. The summed E-state index contributed by atoms with van der Waals surface area (Å²) in [5.41, 5.74) is -0.888. The molecule has 52 valence electrons. The third kappa shape index (κ3) is 1.05. The van der Waals surface area contributed by atoms with Crippen molar-refractivity contribution in [3.8, 4) is 0 Å². The average molecular weight is 138 g/mol. The van der Waals surface area contributed by atoms with Crippen molar-refractivity contribution in [2.24, 2.45) is 0 Å². The van der Waals surface area contributed by atoms with Crippen LogP contribution in [0.5, 0.6) is 0 Å². The van der Waals surface area contributed by atoms with Crippen molar-refractivity contribution < 1.29 is 9.90 Å². The van der Waals surface area contributed by atoms with Crippen LogP contribution in [-0.4, -0.2) is 11.0 Å². The molecule has 0 amide bonds. The molecule has 0 aliphatic rings. The molecule has 0 aromatic carbocycles. The molecule has 1 rings (SSSR count). The molecule has 10 heavy (non-hydrogen) atoms. The standard InChI is InChI=1S/C6H5NO3/c8-5-1-2-7-3-4(5)6(9)10/h1-3H,(H,7,8)(H,9,10)/p-1. The number of aromatic amines is 1. The number of hydrogen-bond acceptors (Lipinski definition) is 3. The second-order valence-electron chi connectivity index (χ2n) is 1.71. The Kier molecular flexibility index (Phi) is 1.53. The van der Waals surface area contributed by atoms with E-state index in [1.807, 2.05) is 0 Å². The summed E-state index contributed by atoms with van der Waals surface area (Å²) in [6.45, 7) is 0. The van der Waals surface area contributed by atoms with Crippen LogP contribution in [0.1, 0.15) is 10.4 Å². The smallest absolute Gasteiger partial charge is 0.190 e. The van der Waals surface area contributed by atoms with E-state index < -0.39 is 11.4 Å². The van der Waals surface area contributed by atoms with Gasteiger partial charge < -0.3 is 14.9 Å². The highest BCUT2D eigenvalue weighted by atomic mass is 16.4. The summed E-state index contributed by atoms with van der Waals surface area (Å²) < 4.78 is 0. The highest BCUT2D eigenvalue weighted by molar-refractivity contribution is 5.84. The van der Waals surface area contributed by atoms with E-state index in [0.717, 1.165) is 12.3 Å². The van der Waals surface area contributed by atoms with E-state index in [2.05, 4.69) is 4.98 Å². The van der Waals surface area contributed by atoms with Gasteiger partial charge in [0.25, 0.3) is 0 Å². The maximum absolute atomic E-state index is 10.6. The molecule has 4 nitrogen and oxygen atoms in total. The van der Waals surface area contributed by atoms with Crippen molar-refractivity contribution in [1.82, 2.24) is 4.98 Å². The Hall–Kier alpha value is -1.58. The first-order chi connectivity index (χ1) is 4.72. The lowest BCUT2D eigenvalue weighted by Gasteiger charge is -1.97. The first kappa shape index (κ1) is 6.54. The highest BCUT2D eigenvalue weighted by Crippen LogP contribution is 1.82. The Balaban J connectivity index is 3.29. The molecule has 0 spiro atoms. The van der Waals surface area contributed by atoms with Gasteiger partial charge in [-0.15, -0.1) is 0 Å². The topological polar surface area (TPSA) is 73.0 Å². The number of rotatable bonds is 1. The number of H-pyrrole nitrogens is 1. The Morgan fingerprint density at radius 1 is 1.60 bits per heavy atom. The van der Waals surface area contributed by atoms with Crippen molar-refractivity contribution in [3.63, 3.8) is 0 Å². The van der Waals surface area contributed by atoms with Crippen LogP contribution in [0.2, 0.25) is 0 Å². The molecule has 1 N–H and O–H groups in total. The third-order valence-electron chi connectivity index (χ3n) is 1.04. The zero-order valence-corrected chi connectivity index (χ0v) is 4.96. The van der Waals surface area contributed by atoms with Crippen LogP contribution >= 0.6 is 0 Å². The lowest BCUT2D eigenvalue weighted by molar-refractivity contribution is -0.255. The second-order valence-corrected chi connectivity index (χ2v) is 1.71. The first-order valence-corrected chi connectivity index (χ1v) is 2.60. The quantitative estimate of drug-likeness (QED) is 0.526. The number of nitrogens with one attached hydrogen (secondary N) is 1. The number of carboxylic acid groups (broad SMARTS) is 1. The number of aromatic nitrogens is 1. The minimum Gasteiger partial charge on any atom is -0.545 e. The van der Waals surface area contributed by atoms with E-state index in [0.29, 0.717) is 0 Å². The van der Waals surface area contributed by atoms with Gasteiger partial charge >= 0.3 is 0 Å². The molecule has 4 heteroatoms. The lowest BCUT2D eigenvalue weighted by Crippen LogP contribution is -2.28. The van der Waals surface area contributed by atoms with E-state index in [-0.39, 0.29) is 5.56 Å². The molecule has 0 bridgehead atoms. The molecule has 0 atom stereocenters. The minimum atomic E-state index is -1.46. The van der Waals surface area contributed by atoms with Crippen molar-refractivity contribution in [2.75, 3.05) is 0 Å². The summed E-state index contributed by atoms with van der Waals surface area (Å²) in [6.07, 6.45) is 2.45. The highest BCUT2D eigenvalue weighted by Gasteiger charge is 1.95. The van der Waals surface area contributed by atoms with Gasteiger partial charge in [-0.2, -0.15) is 0 Å². The summed E-state index contributed by atoms with van der Waals surface area (Å²) in [6, 6.07) is 1.13. The molecular weight excluding hydrogens is 134 g/mol. The fourth-order valence-electron chi connectivity index (χ4n) is 0.576. The van der Waals surface area contributed by atoms with Crippen molar-refractivity contribution in [2.45, 2.75) is 0 Å². The molecule has 1 heterocycles. The van der Waals surface area contributed by atoms with Crippen molar-refractivity contribution >= 4 is 5.97 Å². The van der Waals surface area contributed by atoms with Gasteiger partial charge in [-0.25, -0.2) is 0 Å². The summed E-state index contributed by atoms with van der Waals surface area (Å²) >= 11 is 0. The SMILES string of the molecule is O=C([O-])c1c[nH]ccc1=O. The van der Waals surface area contributed by atoms with E-state index in [4.69, 9.17) is 0 Å².